The predicted molar refractivity (Wildman–Crippen MR) is 115 cm³/mol. The van der Waals surface area contributed by atoms with Crippen LogP contribution in [0.2, 0.25) is 0 Å². The van der Waals surface area contributed by atoms with Gasteiger partial charge in [0, 0.05) is 37.6 Å². The fraction of sp³-hybridized carbons (Fsp3) is 0.167. The summed E-state index contributed by atoms with van der Waals surface area (Å²) < 4.78 is 7.40. The Morgan fingerprint density at radius 3 is 2.27 bits per heavy atom. The van der Waals surface area contributed by atoms with Gasteiger partial charge in [0.25, 0.3) is 0 Å². The zero-order chi connectivity index (χ0) is 21.1. The molecule has 0 saturated carbocycles. The minimum absolute atomic E-state index is 0.106. The van der Waals surface area contributed by atoms with Crippen LogP contribution in [0.5, 0.6) is 11.5 Å². The molecule has 6 heteroatoms. The highest BCUT2D eigenvalue weighted by molar-refractivity contribution is 5.87. The number of pyridine rings is 1. The van der Waals surface area contributed by atoms with Gasteiger partial charge in [0.15, 0.2) is 0 Å². The van der Waals surface area contributed by atoms with Crippen LogP contribution in [-0.4, -0.2) is 32.4 Å². The molecule has 0 aliphatic rings. The summed E-state index contributed by atoms with van der Waals surface area (Å²) in [4.78, 5) is 17.9. The SMILES string of the molecule is Cc1ccc(CN(C)Cc2ccc(Oc3cc(C(=O)O)n4ccnc4c3)cc2)cc1. The van der Waals surface area contributed by atoms with Crippen LogP contribution in [0, 0.1) is 6.92 Å². The number of carboxylic acid groups (broad SMARTS) is 1. The van der Waals surface area contributed by atoms with Crippen LogP contribution in [0.4, 0.5) is 0 Å². The Morgan fingerprint density at radius 1 is 1.00 bits per heavy atom. The molecule has 6 nitrogen and oxygen atoms in total. The van der Waals surface area contributed by atoms with E-state index in [4.69, 9.17) is 4.74 Å². The number of rotatable bonds is 7. The molecular formula is C24H23N3O3. The number of carboxylic acids is 1. The van der Waals surface area contributed by atoms with Crippen molar-refractivity contribution in [1.82, 2.24) is 14.3 Å². The first kappa shape index (κ1) is 19.7. The number of aryl methyl sites for hydroxylation is 1. The van der Waals surface area contributed by atoms with Crippen LogP contribution in [-0.2, 0) is 13.1 Å². The lowest BCUT2D eigenvalue weighted by molar-refractivity contribution is 0.0688. The first-order chi connectivity index (χ1) is 14.5. The second kappa shape index (κ2) is 8.39. The van der Waals surface area contributed by atoms with Gasteiger partial charge in [-0.15, -0.1) is 0 Å². The van der Waals surface area contributed by atoms with Crippen molar-refractivity contribution in [2.45, 2.75) is 20.0 Å². The van der Waals surface area contributed by atoms with Gasteiger partial charge in [-0.05, 0) is 37.2 Å². The summed E-state index contributed by atoms with van der Waals surface area (Å²) in [6.07, 6.45) is 3.18. The number of benzene rings is 2. The third kappa shape index (κ3) is 4.50. The maximum absolute atomic E-state index is 11.5. The average molecular weight is 401 g/mol. The van der Waals surface area contributed by atoms with E-state index in [9.17, 15) is 9.90 Å². The Hall–Kier alpha value is -3.64. The van der Waals surface area contributed by atoms with E-state index in [1.807, 2.05) is 24.3 Å². The topological polar surface area (TPSA) is 67.1 Å². The van der Waals surface area contributed by atoms with E-state index in [2.05, 4.69) is 48.1 Å². The summed E-state index contributed by atoms with van der Waals surface area (Å²) in [6.45, 7) is 3.78. The molecule has 2 aromatic heterocycles. The molecule has 0 unspecified atom stereocenters. The molecule has 0 fully saturated rings. The Balaban J connectivity index is 1.43. The number of carbonyl (C=O) groups is 1. The number of hydrogen-bond acceptors (Lipinski definition) is 4. The van der Waals surface area contributed by atoms with E-state index in [1.165, 1.54) is 27.2 Å². The van der Waals surface area contributed by atoms with Gasteiger partial charge in [-0.3, -0.25) is 9.30 Å². The van der Waals surface area contributed by atoms with Gasteiger partial charge >= 0.3 is 5.97 Å². The summed E-state index contributed by atoms with van der Waals surface area (Å²) in [5.41, 5.74) is 4.35. The van der Waals surface area contributed by atoms with Crippen molar-refractivity contribution in [3.8, 4) is 11.5 Å². The molecule has 30 heavy (non-hydrogen) atoms. The minimum Gasteiger partial charge on any atom is -0.477 e. The summed E-state index contributed by atoms with van der Waals surface area (Å²) in [5, 5.41) is 9.42. The Kier molecular flexibility index (Phi) is 5.50. The standard InChI is InChI=1S/C24H23N3O3/c1-17-3-5-18(6-4-17)15-26(2)16-19-7-9-20(10-8-19)30-21-13-22(24(28)29)27-12-11-25-23(27)14-21/h3-14H,15-16H2,1-2H3,(H,28,29). The van der Waals surface area contributed by atoms with Gasteiger partial charge in [0.2, 0.25) is 0 Å². The first-order valence-electron chi connectivity index (χ1n) is 9.69. The largest absolute Gasteiger partial charge is 0.477 e. The Morgan fingerprint density at radius 2 is 1.63 bits per heavy atom. The molecule has 2 aromatic carbocycles. The smallest absolute Gasteiger partial charge is 0.353 e. The molecular weight excluding hydrogens is 378 g/mol. The highest BCUT2D eigenvalue weighted by Crippen LogP contribution is 2.25. The number of aromatic nitrogens is 2. The number of fused-ring (bicyclic) bond motifs is 1. The van der Waals surface area contributed by atoms with Crippen LogP contribution < -0.4 is 4.74 Å². The molecule has 0 aliphatic heterocycles. The molecule has 152 valence electrons. The van der Waals surface area contributed by atoms with Gasteiger partial charge in [-0.2, -0.15) is 0 Å². The van der Waals surface area contributed by atoms with Gasteiger partial charge in [0.1, 0.15) is 22.8 Å². The van der Waals surface area contributed by atoms with E-state index in [1.54, 1.807) is 18.5 Å². The van der Waals surface area contributed by atoms with Crippen molar-refractivity contribution in [3.05, 3.63) is 95.4 Å². The second-order valence-corrected chi connectivity index (χ2v) is 7.44. The fourth-order valence-corrected chi connectivity index (χ4v) is 3.39. The van der Waals surface area contributed by atoms with Gasteiger partial charge in [-0.1, -0.05) is 42.0 Å². The minimum atomic E-state index is -1.03. The molecule has 0 amide bonds. The van der Waals surface area contributed by atoms with Crippen LogP contribution in [0.1, 0.15) is 27.2 Å². The zero-order valence-electron chi connectivity index (χ0n) is 16.9. The zero-order valence-corrected chi connectivity index (χ0v) is 16.9. The lowest BCUT2D eigenvalue weighted by atomic mass is 10.1. The number of ether oxygens (including phenoxy) is 1. The molecule has 0 aliphatic carbocycles. The van der Waals surface area contributed by atoms with E-state index < -0.39 is 5.97 Å². The van der Waals surface area contributed by atoms with Crippen molar-refractivity contribution in [2.75, 3.05) is 7.05 Å². The monoisotopic (exact) mass is 401 g/mol. The van der Waals surface area contributed by atoms with E-state index in [-0.39, 0.29) is 5.69 Å². The molecule has 1 N–H and O–H groups in total. The van der Waals surface area contributed by atoms with Crippen LogP contribution in [0.3, 0.4) is 0 Å². The Labute approximate surface area is 175 Å². The van der Waals surface area contributed by atoms with Crippen molar-refractivity contribution in [2.24, 2.45) is 0 Å². The van der Waals surface area contributed by atoms with E-state index >= 15 is 0 Å². The molecule has 0 saturated heterocycles. The van der Waals surface area contributed by atoms with Crippen LogP contribution >= 0.6 is 0 Å². The third-order valence-corrected chi connectivity index (χ3v) is 4.88. The predicted octanol–water partition coefficient (Wildman–Crippen LogP) is 4.77. The quantitative estimate of drug-likeness (QED) is 0.483. The van der Waals surface area contributed by atoms with Gasteiger partial charge in [-0.25, -0.2) is 9.78 Å². The average Bonchev–Trinajstić information content (AvgIpc) is 3.19. The number of hydrogen-bond donors (Lipinski definition) is 1. The molecule has 0 spiro atoms. The Bertz CT molecular complexity index is 1160. The van der Waals surface area contributed by atoms with Crippen molar-refractivity contribution in [3.63, 3.8) is 0 Å². The first-order valence-corrected chi connectivity index (χ1v) is 9.69. The molecule has 4 aromatic rings. The highest BCUT2D eigenvalue weighted by atomic mass is 16.5. The molecule has 0 bridgehead atoms. The third-order valence-electron chi connectivity index (χ3n) is 4.88. The second-order valence-electron chi connectivity index (χ2n) is 7.44. The molecule has 0 atom stereocenters. The highest BCUT2D eigenvalue weighted by Gasteiger charge is 2.12. The van der Waals surface area contributed by atoms with Crippen LogP contribution in [0.25, 0.3) is 5.65 Å². The number of aromatic carboxylic acids is 1. The van der Waals surface area contributed by atoms with Crippen molar-refractivity contribution in [1.29, 1.82) is 0 Å². The lowest BCUT2D eigenvalue weighted by Crippen LogP contribution is -2.17. The van der Waals surface area contributed by atoms with Gasteiger partial charge in [0.05, 0.1) is 0 Å². The van der Waals surface area contributed by atoms with Crippen LogP contribution in [0.15, 0.2) is 73.1 Å². The van der Waals surface area contributed by atoms with E-state index in [0.717, 1.165) is 13.1 Å². The summed E-state index contributed by atoms with van der Waals surface area (Å²) in [7, 11) is 2.09. The fourth-order valence-electron chi connectivity index (χ4n) is 3.39. The normalized spacial score (nSPS) is 11.2. The lowest BCUT2D eigenvalue weighted by Gasteiger charge is -2.17. The molecule has 4 rings (SSSR count). The molecule has 0 radical (unpaired) electrons. The maximum Gasteiger partial charge on any atom is 0.353 e. The summed E-state index contributed by atoms with van der Waals surface area (Å²) >= 11 is 0. The maximum atomic E-state index is 11.5. The van der Waals surface area contributed by atoms with Crippen molar-refractivity contribution >= 4 is 11.6 Å². The number of imidazole rings is 1. The summed E-state index contributed by atoms with van der Waals surface area (Å²) in [5.74, 6) is 0.0536. The van der Waals surface area contributed by atoms with E-state index in [0.29, 0.717) is 17.1 Å². The summed E-state index contributed by atoms with van der Waals surface area (Å²) in [6, 6.07) is 19.6. The number of nitrogens with zero attached hydrogens (tertiary/aromatic N) is 3. The molecule has 2 heterocycles. The van der Waals surface area contributed by atoms with Gasteiger partial charge < -0.3 is 9.84 Å². The van der Waals surface area contributed by atoms with Crippen molar-refractivity contribution < 1.29 is 14.6 Å².